The lowest BCUT2D eigenvalue weighted by Crippen LogP contribution is -2.68. The molecule has 0 saturated carbocycles. The lowest BCUT2D eigenvalue weighted by molar-refractivity contribution is -0.165. The molecule has 2 heterocycles. The number of aliphatic carboxylic acids is 1. The number of pyridine rings is 1. The van der Waals surface area contributed by atoms with Gasteiger partial charge in [-0.15, -0.1) is 0 Å². The van der Waals surface area contributed by atoms with Gasteiger partial charge in [-0.25, -0.2) is 14.5 Å². The average Bonchev–Trinajstić information content (AvgIpc) is 2.80. The molecule has 1 fully saturated rings. The maximum absolute atomic E-state index is 13.0. The van der Waals surface area contributed by atoms with Crippen LogP contribution in [0.1, 0.15) is 22.7 Å². The number of hydrogen-bond acceptors (Lipinski definition) is 4. The predicted molar refractivity (Wildman–Crippen MR) is 113 cm³/mol. The second-order valence-electron chi connectivity index (χ2n) is 7.36. The largest absolute Gasteiger partial charge is 0.480 e. The van der Waals surface area contributed by atoms with E-state index >= 15 is 0 Å². The van der Waals surface area contributed by atoms with Crippen LogP contribution >= 0.6 is 0 Å². The van der Waals surface area contributed by atoms with E-state index in [1.165, 1.54) is 0 Å². The highest BCUT2D eigenvalue weighted by atomic mass is 16.4. The minimum atomic E-state index is -1.21. The highest BCUT2D eigenvalue weighted by Gasteiger charge is 2.54. The molecule has 0 radical (unpaired) electrons. The summed E-state index contributed by atoms with van der Waals surface area (Å²) in [7, 11) is 0. The quantitative estimate of drug-likeness (QED) is 0.603. The first-order valence-electron chi connectivity index (χ1n) is 9.91. The molecule has 2 atom stereocenters. The van der Waals surface area contributed by atoms with Crippen molar-refractivity contribution in [3.63, 3.8) is 0 Å². The summed E-state index contributed by atoms with van der Waals surface area (Å²) in [6.45, 7) is 0. The van der Waals surface area contributed by atoms with E-state index < -0.39 is 35.9 Å². The van der Waals surface area contributed by atoms with Crippen molar-refractivity contribution in [2.75, 3.05) is 0 Å². The summed E-state index contributed by atoms with van der Waals surface area (Å²) in [6, 6.07) is 19.7. The standard InChI is InChI=1S/C24H21N3O4/c28-22-19(15-16-11-13-25-14-12-16)21(23(29)30)27(22)24(31)26-20(17-7-3-1-4-8-17)18-9-5-2-6-10-18/h1-14,19-21H,15H2,(H,26,31)(H,29,30)/t19-,21+/m1/s1. The molecule has 1 saturated heterocycles. The summed E-state index contributed by atoms with van der Waals surface area (Å²) in [4.78, 5) is 42.4. The number of likely N-dealkylation sites (tertiary alicyclic amines) is 1. The number of urea groups is 1. The van der Waals surface area contributed by atoms with Gasteiger partial charge in [0.1, 0.15) is 0 Å². The SMILES string of the molecule is O=C(O)[C@@H]1[C@@H](Cc2ccncc2)C(=O)N1C(=O)NC(c1ccccc1)c1ccccc1. The summed E-state index contributed by atoms with van der Waals surface area (Å²) in [5.41, 5.74) is 2.46. The van der Waals surface area contributed by atoms with Crippen molar-refractivity contribution in [2.24, 2.45) is 5.92 Å². The Kier molecular flexibility index (Phi) is 5.75. The van der Waals surface area contributed by atoms with Crippen molar-refractivity contribution < 1.29 is 19.5 Å². The Bertz CT molecular complexity index is 1030. The van der Waals surface area contributed by atoms with Gasteiger partial charge in [0.25, 0.3) is 0 Å². The third-order valence-corrected chi connectivity index (χ3v) is 5.42. The fourth-order valence-electron chi connectivity index (χ4n) is 3.87. The van der Waals surface area contributed by atoms with Crippen molar-refractivity contribution in [2.45, 2.75) is 18.5 Å². The van der Waals surface area contributed by atoms with E-state index in [9.17, 15) is 19.5 Å². The van der Waals surface area contributed by atoms with Crippen LogP contribution < -0.4 is 5.32 Å². The molecule has 1 aliphatic rings. The number of rotatable bonds is 6. The molecule has 0 spiro atoms. The summed E-state index contributed by atoms with van der Waals surface area (Å²) in [6.07, 6.45) is 3.41. The Morgan fingerprint density at radius 2 is 1.48 bits per heavy atom. The van der Waals surface area contributed by atoms with E-state index in [4.69, 9.17) is 0 Å². The third-order valence-electron chi connectivity index (χ3n) is 5.42. The van der Waals surface area contributed by atoms with Gasteiger partial charge in [0.2, 0.25) is 5.91 Å². The minimum Gasteiger partial charge on any atom is -0.480 e. The van der Waals surface area contributed by atoms with Crippen molar-refractivity contribution >= 4 is 17.9 Å². The smallest absolute Gasteiger partial charge is 0.327 e. The Labute approximate surface area is 179 Å². The Morgan fingerprint density at radius 1 is 0.935 bits per heavy atom. The van der Waals surface area contributed by atoms with Crippen LogP contribution in [0, 0.1) is 5.92 Å². The molecule has 0 bridgehead atoms. The van der Waals surface area contributed by atoms with E-state index in [1.54, 1.807) is 24.5 Å². The number of carboxylic acids is 1. The zero-order chi connectivity index (χ0) is 21.8. The molecule has 156 valence electrons. The second-order valence-corrected chi connectivity index (χ2v) is 7.36. The highest BCUT2D eigenvalue weighted by Crippen LogP contribution is 2.31. The zero-order valence-corrected chi connectivity index (χ0v) is 16.6. The number of nitrogens with zero attached hydrogens (tertiary/aromatic N) is 2. The van der Waals surface area contributed by atoms with Crippen LogP contribution in [0.25, 0.3) is 0 Å². The van der Waals surface area contributed by atoms with Gasteiger partial charge in [-0.1, -0.05) is 60.7 Å². The molecule has 2 N–H and O–H groups in total. The Morgan fingerprint density at radius 3 is 2.00 bits per heavy atom. The molecule has 4 rings (SSSR count). The number of carbonyl (C=O) groups is 3. The van der Waals surface area contributed by atoms with Gasteiger partial charge in [-0.05, 0) is 35.2 Å². The van der Waals surface area contributed by atoms with Crippen molar-refractivity contribution in [3.8, 4) is 0 Å². The maximum Gasteiger partial charge on any atom is 0.327 e. The number of benzene rings is 2. The summed E-state index contributed by atoms with van der Waals surface area (Å²) in [5.74, 6) is -2.50. The van der Waals surface area contributed by atoms with Crippen molar-refractivity contribution in [1.29, 1.82) is 0 Å². The van der Waals surface area contributed by atoms with Gasteiger partial charge in [-0.3, -0.25) is 9.78 Å². The average molecular weight is 415 g/mol. The van der Waals surface area contributed by atoms with E-state index in [2.05, 4.69) is 10.3 Å². The molecular weight excluding hydrogens is 394 g/mol. The van der Waals surface area contributed by atoms with Crippen LogP contribution in [0.2, 0.25) is 0 Å². The first-order chi connectivity index (χ1) is 15.1. The molecule has 7 nitrogen and oxygen atoms in total. The highest BCUT2D eigenvalue weighted by molar-refractivity contribution is 6.07. The topological polar surface area (TPSA) is 99.6 Å². The number of carbonyl (C=O) groups excluding carboxylic acids is 2. The summed E-state index contributed by atoms with van der Waals surface area (Å²) >= 11 is 0. The number of β-lactam (4-membered cyclic amide) rings is 1. The molecule has 7 heteroatoms. The fraction of sp³-hybridized carbons (Fsp3) is 0.167. The van der Waals surface area contributed by atoms with E-state index in [-0.39, 0.29) is 6.42 Å². The number of imide groups is 1. The van der Waals surface area contributed by atoms with Crippen LogP contribution in [-0.4, -0.2) is 38.9 Å². The monoisotopic (exact) mass is 415 g/mol. The fourth-order valence-corrected chi connectivity index (χ4v) is 3.87. The number of aromatic nitrogens is 1. The molecule has 2 aromatic carbocycles. The molecule has 0 unspecified atom stereocenters. The molecular formula is C24H21N3O4. The first-order valence-corrected chi connectivity index (χ1v) is 9.91. The summed E-state index contributed by atoms with van der Waals surface area (Å²) < 4.78 is 0. The van der Waals surface area contributed by atoms with E-state index in [0.717, 1.165) is 21.6 Å². The molecule has 3 aromatic rings. The van der Waals surface area contributed by atoms with Crippen LogP contribution in [-0.2, 0) is 16.0 Å². The van der Waals surface area contributed by atoms with Gasteiger partial charge in [-0.2, -0.15) is 0 Å². The first kappa shape index (κ1) is 20.3. The zero-order valence-electron chi connectivity index (χ0n) is 16.6. The van der Waals surface area contributed by atoms with Crippen LogP contribution in [0.4, 0.5) is 4.79 Å². The molecule has 31 heavy (non-hydrogen) atoms. The number of amides is 3. The number of nitrogens with one attached hydrogen (secondary N) is 1. The molecule has 1 aliphatic heterocycles. The number of carboxylic acid groups (broad SMARTS) is 1. The minimum absolute atomic E-state index is 0.239. The van der Waals surface area contributed by atoms with Gasteiger partial charge >= 0.3 is 12.0 Å². The van der Waals surface area contributed by atoms with Gasteiger partial charge in [0.15, 0.2) is 6.04 Å². The molecule has 0 aliphatic carbocycles. The van der Waals surface area contributed by atoms with Gasteiger partial charge in [0, 0.05) is 12.4 Å². The lowest BCUT2D eigenvalue weighted by Gasteiger charge is -2.43. The van der Waals surface area contributed by atoms with Crippen molar-refractivity contribution in [1.82, 2.24) is 15.2 Å². The van der Waals surface area contributed by atoms with Gasteiger partial charge in [0.05, 0.1) is 12.0 Å². The Balaban J connectivity index is 1.56. The predicted octanol–water partition coefficient (Wildman–Crippen LogP) is 3.03. The molecule has 3 amide bonds. The van der Waals surface area contributed by atoms with Crippen molar-refractivity contribution in [3.05, 3.63) is 102 Å². The van der Waals surface area contributed by atoms with Crippen LogP contribution in [0.5, 0.6) is 0 Å². The Hall–Kier alpha value is -4.00. The third kappa shape index (κ3) is 4.16. The molecule has 1 aromatic heterocycles. The maximum atomic E-state index is 13.0. The number of hydrogen-bond donors (Lipinski definition) is 2. The van der Waals surface area contributed by atoms with E-state index in [0.29, 0.717) is 0 Å². The lowest BCUT2D eigenvalue weighted by atomic mass is 9.82. The van der Waals surface area contributed by atoms with Gasteiger partial charge < -0.3 is 10.4 Å². The van der Waals surface area contributed by atoms with Crippen LogP contribution in [0.15, 0.2) is 85.2 Å². The summed E-state index contributed by atoms with van der Waals surface area (Å²) in [5, 5.41) is 12.5. The second kappa shape index (κ2) is 8.79. The van der Waals surface area contributed by atoms with Crippen LogP contribution in [0.3, 0.4) is 0 Å². The van der Waals surface area contributed by atoms with E-state index in [1.807, 2.05) is 60.7 Å². The normalized spacial score (nSPS) is 17.8.